The molecular formula is C20H17NS. The van der Waals surface area contributed by atoms with Gasteiger partial charge in [0, 0.05) is 22.1 Å². The molecule has 0 amide bonds. The molecule has 0 saturated heterocycles. The fourth-order valence-electron chi connectivity index (χ4n) is 2.81. The van der Waals surface area contributed by atoms with E-state index in [1.54, 1.807) is 0 Å². The Morgan fingerprint density at radius 2 is 0.864 bits per heavy atom. The van der Waals surface area contributed by atoms with Gasteiger partial charge in [-0.05, 0) is 22.9 Å². The van der Waals surface area contributed by atoms with Crippen LogP contribution in [0.15, 0.2) is 84.9 Å². The zero-order valence-electron chi connectivity index (χ0n) is 12.1. The van der Waals surface area contributed by atoms with E-state index in [1.165, 1.54) is 21.5 Å². The van der Waals surface area contributed by atoms with Gasteiger partial charge in [0.2, 0.25) is 0 Å². The van der Waals surface area contributed by atoms with E-state index in [1.807, 2.05) is 0 Å². The van der Waals surface area contributed by atoms with Crippen molar-refractivity contribution in [1.29, 1.82) is 0 Å². The van der Waals surface area contributed by atoms with Crippen LogP contribution in [-0.2, 0) is 0 Å². The summed E-state index contributed by atoms with van der Waals surface area (Å²) in [6.07, 6.45) is 0. The molecule has 0 aliphatic heterocycles. The van der Waals surface area contributed by atoms with Gasteiger partial charge in [-0.3, -0.25) is 0 Å². The fraction of sp³-hybridized carbons (Fsp3) is 0. The number of hydrogen-bond acceptors (Lipinski definition) is 1. The standard InChI is InChI=1S/C20H15N.H2S/c1-3-11-17-15(7-1)9-5-13-19(17)21-20-14-6-10-16-8-2-4-12-18(16)20;/h1-14,21H;1H2. The van der Waals surface area contributed by atoms with Gasteiger partial charge in [0.1, 0.15) is 0 Å². The molecule has 0 spiro atoms. The average Bonchev–Trinajstić information content (AvgIpc) is 2.56. The third-order valence-corrected chi connectivity index (χ3v) is 3.85. The van der Waals surface area contributed by atoms with Crippen molar-refractivity contribution in [3.8, 4) is 0 Å². The molecule has 4 aromatic rings. The molecule has 0 atom stereocenters. The Bertz CT molecular complexity index is 843. The molecule has 4 rings (SSSR count). The van der Waals surface area contributed by atoms with Crippen molar-refractivity contribution >= 4 is 46.4 Å². The van der Waals surface area contributed by atoms with Crippen molar-refractivity contribution in [2.45, 2.75) is 0 Å². The molecule has 0 heterocycles. The lowest BCUT2D eigenvalue weighted by Crippen LogP contribution is -1.92. The van der Waals surface area contributed by atoms with Crippen LogP contribution in [-0.4, -0.2) is 0 Å². The molecule has 1 N–H and O–H groups in total. The number of anilines is 2. The van der Waals surface area contributed by atoms with Crippen molar-refractivity contribution in [1.82, 2.24) is 0 Å². The van der Waals surface area contributed by atoms with Gasteiger partial charge in [-0.25, -0.2) is 0 Å². The molecule has 0 bridgehead atoms. The first kappa shape index (κ1) is 14.5. The lowest BCUT2D eigenvalue weighted by molar-refractivity contribution is 1.61. The molecule has 0 aliphatic carbocycles. The van der Waals surface area contributed by atoms with Crippen LogP contribution in [0.5, 0.6) is 0 Å². The Morgan fingerprint density at radius 1 is 0.455 bits per heavy atom. The van der Waals surface area contributed by atoms with Crippen molar-refractivity contribution in [2.24, 2.45) is 0 Å². The summed E-state index contributed by atoms with van der Waals surface area (Å²) in [6, 6.07) is 29.6. The maximum Gasteiger partial charge on any atom is 0.0464 e. The maximum absolute atomic E-state index is 3.59. The van der Waals surface area contributed by atoms with Crippen LogP contribution >= 0.6 is 13.5 Å². The van der Waals surface area contributed by atoms with Gasteiger partial charge in [0.05, 0.1) is 0 Å². The lowest BCUT2D eigenvalue weighted by Gasteiger charge is -2.12. The van der Waals surface area contributed by atoms with Crippen LogP contribution in [0.25, 0.3) is 21.5 Å². The average molecular weight is 303 g/mol. The molecule has 2 heteroatoms. The SMILES string of the molecule is S.c1ccc2c(Nc3cccc4ccccc34)cccc2c1. The van der Waals surface area contributed by atoms with E-state index in [9.17, 15) is 0 Å². The lowest BCUT2D eigenvalue weighted by atomic mass is 10.1. The first-order valence-electron chi connectivity index (χ1n) is 7.14. The largest absolute Gasteiger partial charge is 0.355 e. The highest BCUT2D eigenvalue weighted by molar-refractivity contribution is 7.59. The fourth-order valence-corrected chi connectivity index (χ4v) is 2.81. The van der Waals surface area contributed by atoms with E-state index >= 15 is 0 Å². The summed E-state index contributed by atoms with van der Waals surface area (Å²) in [6.45, 7) is 0. The van der Waals surface area contributed by atoms with E-state index in [4.69, 9.17) is 0 Å². The molecule has 22 heavy (non-hydrogen) atoms. The summed E-state index contributed by atoms with van der Waals surface area (Å²) in [7, 11) is 0. The van der Waals surface area contributed by atoms with Gasteiger partial charge in [0.15, 0.2) is 0 Å². The Balaban J connectivity index is 0.00000144. The predicted octanol–water partition coefficient (Wildman–Crippen LogP) is 5.85. The van der Waals surface area contributed by atoms with Gasteiger partial charge < -0.3 is 5.32 Å². The third-order valence-electron chi connectivity index (χ3n) is 3.85. The van der Waals surface area contributed by atoms with E-state index in [0.29, 0.717) is 0 Å². The summed E-state index contributed by atoms with van der Waals surface area (Å²) in [4.78, 5) is 0. The van der Waals surface area contributed by atoms with Gasteiger partial charge in [-0.15, -0.1) is 0 Å². The smallest absolute Gasteiger partial charge is 0.0464 e. The normalized spacial score (nSPS) is 10.4. The van der Waals surface area contributed by atoms with Crippen LogP contribution in [0.4, 0.5) is 11.4 Å². The first-order chi connectivity index (χ1) is 10.4. The minimum atomic E-state index is 0. The maximum atomic E-state index is 3.59. The molecule has 0 unspecified atom stereocenters. The highest BCUT2D eigenvalue weighted by atomic mass is 32.1. The molecule has 0 fully saturated rings. The molecule has 0 aromatic heterocycles. The quantitative estimate of drug-likeness (QED) is 0.490. The van der Waals surface area contributed by atoms with Gasteiger partial charge in [-0.1, -0.05) is 72.8 Å². The van der Waals surface area contributed by atoms with Crippen LogP contribution < -0.4 is 5.32 Å². The molecular weight excluding hydrogens is 286 g/mol. The number of fused-ring (bicyclic) bond motifs is 2. The Labute approximate surface area is 137 Å². The highest BCUT2D eigenvalue weighted by Crippen LogP contribution is 2.30. The second kappa shape index (κ2) is 6.12. The van der Waals surface area contributed by atoms with E-state index in [2.05, 4.69) is 90.2 Å². The summed E-state index contributed by atoms with van der Waals surface area (Å²) in [5.41, 5.74) is 2.29. The molecule has 0 radical (unpaired) electrons. The molecule has 0 aliphatic rings. The Morgan fingerprint density at radius 3 is 1.36 bits per heavy atom. The summed E-state index contributed by atoms with van der Waals surface area (Å²) >= 11 is 0. The Hall–Kier alpha value is -2.45. The summed E-state index contributed by atoms with van der Waals surface area (Å²) in [5.74, 6) is 0. The third kappa shape index (κ3) is 2.53. The second-order valence-electron chi connectivity index (χ2n) is 5.18. The van der Waals surface area contributed by atoms with E-state index in [0.717, 1.165) is 11.4 Å². The van der Waals surface area contributed by atoms with Gasteiger partial charge in [-0.2, -0.15) is 13.5 Å². The number of nitrogens with one attached hydrogen (secondary N) is 1. The Kier molecular flexibility index (Phi) is 4.03. The number of rotatable bonds is 2. The first-order valence-corrected chi connectivity index (χ1v) is 7.14. The molecule has 108 valence electrons. The summed E-state index contributed by atoms with van der Waals surface area (Å²) < 4.78 is 0. The van der Waals surface area contributed by atoms with Gasteiger partial charge >= 0.3 is 0 Å². The number of hydrogen-bond donors (Lipinski definition) is 1. The van der Waals surface area contributed by atoms with Crippen LogP contribution in [0, 0.1) is 0 Å². The van der Waals surface area contributed by atoms with E-state index < -0.39 is 0 Å². The summed E-state index contributed by atoms with van der Waals surface area (Å²) in [5, 5.41) is 8.58. The predicted molar refractivity (Wildman–Crippen MR) is 102 cm³/mol. The molecule has 1 nitrogen and oxygen atoms in total. The molecule has 4 aromatic carbocycles. The zero-order chi connectivity index (χ0) is 14.1. The topological polar surface area (TPSA) is 12.0 Å². The minimum Gasteiger partial charge on any atom is -0.355 e. The van der Waals surface area contributed by atoms with Crippen molar-refractivity contribution in [2.75, 3.05) is 5.32 Å². The van der Waals surface area contributed by atoms with Crippen LogP contribution in [0.3, 0.4) is 0 Å². The zero-order valence-corrected chi connectivity index (χ0v) is 13.1. The second-order valence-corrected chi connectivity index (χ2v) is 5.18. The minimum absolute atomic E-state index is 0. The number of benzene rings is 4. The van der Waals surface area contributed by atoms with Crippen molar-refractivity contribution in [3.63, 3.8) is 0 Å². The van der Waals surface area contributed by atoms with E-state index in [-0.39, 0.29) is 13.5 Å². The monoisotopic (exact) mass is 303 g/mol. The van der Waals surface area contributed by atoms with Crippen molar-refractivity contribution < 1.29 is 0 Å². The van der Waals surface area contributed by atoms with Gasteiger partial charge in [0.25, 0.3) is 0 Å². The molecule has 0 saturated carbocycles. The van der Waals surface area contributed by atoms with Crippen LogP contribution in [0.1, 0.15) is 0 Å². The van der Waals surface area contributed by atoms with Crippen LogP contribution in [0.2, 0.25) is 0 Å². The van der Waals surface area contributed by atoms with Crippen molar-refractivity contribution in [3.05, 3.63) is 84.9 Å². The highest BCUT2D eigenvalue weighted by Gasteiger charge is 2.03.